The molecule has 1 aliphatic rings. The predicted octanol–water partition coefficient (Wildman–Crippen LogP) is 4.35. The molecule has 4 rings (SSSR count). The Hall–Kier alpha value is -3.50. The third kappa shape index (κ3) is 4.71. The van der Waals surface area contributed by atoms with Crippen LogP contribution in [0.15, 0.2) is 62.3 Å². The Kier molecular flexibility index (Phi) is 6.33. The van der Waals surface area contributed by atoms with Crippen LogP contribution < -0.4 is 15.0 Å². The number of halogens is 1. The standard InChI is InChI=1S/C21H17ClN4O5S/c1-12-8-18(25-31-12)24-19(27)11-32-21-23-16(10-14-4-3-7-30-14)20(28)26(21)13-5-6-17(29-2)15(22)9-13/h3-10H,11H2,1-2H3,(H,24,25,27). The maximum atomic E-state index is 13.1. The van der Waals surface area contributed by atoms with E-state index in [1.54, 1.807) is 43.3 Å². The highest BCUT2D eigenvalue weighted by molar-refractivity contribution is 8.14. The number of rotatable bonds is 6. The van der Waals surface area contributed by atoms with E-state index in [0.29, 0.717) is 39.0 Å². The molecule has 3 heterocycles. The molecule has 32 heavy (non-hydrogen) atoms. The molecule has 0 unspecified atom stereocenters. The molecule has 2 aromatic heterocycles. The van der Waals surface area contributed by atoms with Crippen molar-refractivity contribution in [3.63, 3.8) is 0 Å². The molecule has 3 aromatic rings. The molecule has 0 spiro atoms. The van der Waals surface area contributed by atoms with Gasteiger partial charge in [0, 0.05) is 12.1 Å². The molecule has 1 N–H and O–H groups in total. The molecule has 11 heteroatoms. The van der Waals surface area contributed by atoms with E-state index in [1.165, 1.54) is 24.3 Å². The maximum absolute atomic E-state index is 13.1. The lowest BCUT2D eigenvalue weighted by Gasteiger charge is -2.18. The topological polar surface area (TPSA) is 110 Å². The van der Waals surface area contributed by atoms with E-state index in [1.807, 2.05) is 0 Å². The molecule has 0 bridgehead atoms. The Morgan fingerprint density at radius 3 is 2.84 bits per heavy atom. The second-order valence-corrected chi connectivity index (χ2v) is 7.91. The summed E-state index contributed by atoms with van der Waals surface area (Å²) in [6, 6.07) is 9.97. The van der Waals surface area contributed by atoms with Crippen molar-refractivity contribution in [2.45, 2.75) is 6.92 Å². The number of carbonyl (C=O) groups excluding carboxylic acids is 2. The second kappa shape index (κ2) is 9.33. The van der Waals surface area contributed by atoms with Gasteiger partial charge in [0.25, 0.3) is 5.91 Å². The van der Waals surface area contributed by atoms with Crippen LogP contribution in [-0.4, -0.2) is 35.0 Å². The fraction of sp³-hybridized carbons (Fsp3) is 0.143. The number of anilines is 2. The molecule has 0 aliphatic carbocycles. The summed E-state index contributed by atoms with van der Waals surface area (Å²) in [4.78, 5) is 31.3. The van der Waals surface area contributed by atoms with Gasteiger partial charge in [0.2, 0.25) is 5.91 Å². The van der Waals surface area contributed by atoms with Crippen molar-refractivity contribution in [1.29, 1.82) is 0 Å². The van der Waals surface area contributed by atoms with E-state index in [9.17, 15) is 9.59 Å². The average molecular weight is 473 g/mol. The van der Waals surface area contributed by atoms with Crippen LogP contribution in [0.25, 0.3) is 6.08 Å². The zero-order chi connectivity index (χ0) is 22.7. The van der Waals surface area contributed by atoms with Gasteiger partial charge < -0.3 is 19.0 Å². The van der Waals surface area contributed by atoms with Gasteiger partial charge in [0.15, 0.2) is 11.0 Å². The van der Waals surface area contributed by atoms with Crippen molar-refractivity contribution < 1.29 is 23.3 Å². The quantitative estimate of drug-likeness (QED) is 0.531. The van der Waals surface area contributed by atoms with Crippen LogP contribution in [0.3, 0.4) is 0 Å². The number of nitrogens with one attached hydrogen (secondary N) is 1. The van der Waals surface area contributed by atoms with Crippen molar-refractivity contribution in [3.8, 4) is 5.75 Å². The van der Waals surface area contributed by atoms with E-state index in [4.69, 9.17) is 25.3 Å². The number of ether oxygens (including phenoxy) is 1. The number of aromatic nitrogens is 1. The number of aryl methyl sites for hydroxylation is 1. The summed E-state index contributed by atoms with van der Waals surface area (Å²) < 4.78 is 15.4. The number of thioether (sulfide) groups is 1. The molecular weight excluding hydrogens is 456 g/mol. The van der Waals surface area contributed by atoms with Crippen LogP contribution in [0, 0.1) is 6.92 Å². The monoisotopic (exact) mass is 472 g/mol. The molecule has 1 aromatic carbocycles. The fourth-order valence-electron chi connectivity index (χ4n) is 2.86. The molecule has 2 amide bonds. The highest BCUT2D eigenvalue weighted by Gasteiger charge is 2.33. The summed E-state index contributed by atoms with van der Waals surface area (Å²) in [5, 5.41) is 7.02. The second-order valence-electron chi connectivity index (χ2n) is 6.56. The zero-order valence-electron chi connectivity index (χ0n) is 17.0. The first-order valence-corrected chi connectivity index (χ1v) is 10.7. The molecule has 0 fully saturated rings. The fourth-order valence-corrected chi connectivity index (χ4v) is 3.92. The van der Waals surface area contributed by atoms with Gasteiger partial charge in [0.05, 0.1) is 29.8 Å². The predicted molar refractivity (Wildman–Crippen MR) is 122 cm³/mol. The van der Waals surface area contributed by atoms with Crippen LogP contribution in [-0.2, 0) is 9.59 Å². The minimum Gasteiger partial charge on any atom is -0.495 e. The van der Waals surface area contributed by atoms with Gasteiger partial charge in [-0.1, -0.05) is 28.5 Å². The van der Waals surface area contributed by atoms with Crippen LogP contribution in [0.4, 0.5) is 11.5 Å². The summed E-state index contributed by atoms with van der Waals surface area (Å²) >= 11 is 7.35. The van der Waals surface area contributed by atoms with Gasteiger partial charge >= 0.3 is 0 Å². The van der Waals surface area contributed by atoms with Crippen LogP contribution in [0.1, 0.15) is 11.5 Å². The van der Waals surface area contributed by atoms with Gasteiger partial charge in [-0.05, 0) is 37.3 Å². The van der Waals surface area contributed by atoms with Crippen molar-refractivity contribution >= 4 is 57.9 Å². The molecule has 164 valence electrons. The maximum Gasteiger partial charge on any atom is 0.283 e. The normalized spacial score (nSPS) is 14.7. The average Bonchev–Trinajstić information content (AvgIpc) is 3.49. The summed E-state index contributed by atoms with van der Waals surface area (Å²) in [6.07, 6.45) is 3.04. The van der Waals surface area contributed by atoms with Crippen LogP contribution >= 0.6 is 23.4 Å². The number of furan rings is 1. The first kappa shape index (κ1) is 21.7. The summed E-state index contributed by atoms with van der Waals surface area (Å²) in [5.41, 5.74) is 0.657. The van der Waals surface area contributed by atoms with Crippen LogP contribution in [0.2, 0.25) is 5.02 Å². The van der Waals surface area contributed by atoms with E-state index < -0.39 is 0 Å². The Morgan fingerprint density at radius 2 is 2.19 bits per heavy atom. The third-order valence-electron chi connectivity index (χ3n) is 4.27. The highest BCUT2D eigenvalue weighted by atomic mass is 35.5. The third-order valence-corrected chi connectivity index (χ3v) is 5.51. The molecule has 1 aliphatic heterocycles. The minimum absolute atomic E-state index is 0.00750. The van der Waals surface area contributed by atoms with Gasteiger partial charge in [0.1, 0.15) is 23.0 Å². The largest absolute Gasteiger partial charge is 0.495 e. The minimum atomic E-state index is -0.377. The summed E-state index contributed by atoms with van der Waals surface area (Å²) in [5.74, 6) is 1.14. The van der Waals surface area contributed by atoms with E-state index in [2.05, 4.69) is 15.5 Å². The number of carbonyl (C=O) groups is 2. The van der Waals surface area contributed by atoms with Crippen molar-refractivity contribution in [1.82, 2.24) is 5.16 Å². The van der Waals surface area contributed by atoms with Gasteiger partial charge in [-0.3, -0.25) is 14.5 Å². The summed E-state index contributed by atoms with van der Waals surface area (Å²) in [6.45, 7) is 1.72. The van der Waals surface area contributed by atoms with Crippen LogP contribution in [0.5, 0.6) is 5.75 Å². The molecule has 0 saturated heterocycles. The van der Waals surface area contributed by atoms with Crippen molar-refractivity contribution in [2.75, 3.05) is 23.1 Å². The number of benzene rings is 1. The molecule has 0 atom stereocenters. The first-order chi connectivity index (χ1) is 15.4. The van der Waals surface area contributed by atoms with Crippen molar-refractivity contribution in [2.24, 2.45) is 4.99 Å². The Labute approximate surface area is 192 Å². The molecule has 0 saturated carbocycles. The Bertz CT molecular complexity index is 1220. The number of nitrogens with zero attached hydrogens (tertiary/aromatic N) is 3. The first-order valence-electron chi connectivity index (χ1n) is 9.32. The van der Waals surface area contributed by atoms with Crippen molar-refractivity contribution in [3.05, 3.63) is 64.9 Å². The Morgan fingerprint density at radius 1 is 1.34 bits per heavy atom. The molecule has 0 radical (unpaired) electrons. The number of amidine groups is 1. The number of hydrogen-bond donors (Lipinski definition) is 1. The lowest BCUT2D eigenvalue weighted by molar-refractivity contribution is -0.114. The van der Waals surface area contributed by atoms with E-state index >= 15 is 0 Å². The lowest BCUT2D eigenvalue weighted by Crippen LogP contribution is -2.31. The summed E-state index contributed by atoms with van der Waals surface area (Å²) in [7, 11) is 1.50. The smallest absolute Gasteiger partial charge is 0.283 e. The van der Waals surface area contributed by atoms with E-state index in [-0.39, 0.29) is 23.3 Å². The van der Waals surface area contributed by atoms with Gasteiger partial charge in [-0.2, -0.15) is 0 Å². The van der Waals surface area contributed by atoms with E-state index in [0.717, 1.165) is 11.8 Å². The lowest BCUT2D eigenvalue weighted by atomic mass is 10.2. The Balaban J connectivity index is 1.58. The van der Waals surface area contributed by atoms with Gasteiger partial charge in [-0.25, -0.2) is 4.99 Å². The molecular formula is C21H17ClN4O5S. The number of methoxy groups -OCH3 is 1. The highest BCUT2D eigenvalue weighted by Crippen LogP contribution is 2.34. The SMILES string of the molecule is COc1ccc(N2C(=O)C(=Cc3ccco3)N=C2SCC(=O)Nc2cc(C)on2)cc1Cl. The zero-order valence-corrected chi connectivity index (χ0v) is 18.6. The van der Waals surface area contributed by atoms with Gasteiger partial charge in [-0.15, -0.1) is 0 Å². The molecule has 9 nitrogen and oxygen atoms in total. The number of hydrogen-bond acceptors (Lipinski definition) is 8. The number of amides is 2. The number of aliphatic imine (C=N–C) groups is 1.